The third-order valence-electron chi connectivity index (χ3n) is 6.32. The molecule has 32 heavy (non-hydrogen) atoms. The van der Waals surface area contributed by atoms with Gasteiger partial charge in [0.25, 0.3) is 0 Å². The van der Waals surface area contributed by atoms with Crippen molar-refractivity contribution in [2.75, 3.05) is 26.3 Å². The van der Waals surface area contributed by atoms with Gasteiger partial charge in [-0.25, -0.2) is 4.99 Å². The molecule has 176 valence electrons. The summed E-state index contributed by atoms with van der Waals surface area (Å²) in [4.78, 5) is 7.41. The molecule has 1 aliphatic heterocycles. The van der Waals surface area contributed by atoms with Crippen LogP contribution in [-0.2, 0) is 31.4 Å². The average Bonchev–Trinajstić information content (AvgIpc) is 3.42. The van der Waals surface area contributed by atoms with Gasteiger partial charge >= 0.3 is 0 Å². The van der Waals surface area contributed by atoms with Crippen molar-refractivity contribution in [1.29, 1.82) is 0 Å². The second-order valence-corrected chi connectivity index (χ2v) is 8.52. The molecular formula is C23H36IN7O. The van der Waals surface area contributed by atoms with Gasteiger partial charge in [0.15, 0.2) is 11.8 Å². The summed E-state index contributed by atoms with van der Waals surface area (Å²) in [5.41, 5.74) is 2.62. The number of hydrogen-bond donors (Lipinski definition) is 2. The Bertz CT molecular complexity index is 873. The molecule has 1 aromatic heterocycles. The summed E-state index contributed by atoms with van der Waals surface area (Å²) in [6.45, 7) is 7.80. The fourth-order valence-electron chi connectivity index (χ4n) is 4.21. The van der Waals surface area contributed by atoms with E-state index in [1.54, 1.807) is 0 Å². The Morgan fingerprint density at radius 2 is 1.84 bits per heavy atom. The average molecular weight is 553 g/mol. The van der Waals surface area contributed by atoms with Crippen molar-refractivity contribution >= 4 is 29.9 Å². The molecule has 2 aliphatic rings. The lowest BCUT2D eigenvalue weighted by molar-refractivity contribution is 0.0341. The number of aryl methyl sites for hydroxylation is 1. The molecule has 2 heterocycles. The van der Waals surface area contributed by atoms with Crippen LogP contribution in [0, 0.1) is 6.92 Å². The zero-order chi connectivity index (χ0) is 21.5. The molecule has 1 saturated carbocycles. The van der Waals surface area contributed by atoms with E-state index in [2.05, 4.69) is 50.0 Å². The molecule has 4 rings (SSSR count). The van der Waals surface area contributed by atoms with Crippen LogP contribution < -0.4 is 10.6 Å². The number of benzene rings is 1. The zero-order valence-corrected chi connectivity index (χ0v) is 21.5. The van der Waals surface area contributed by atoms with Crippen LogP contribution in [0.5, 0.6) is 0 Å². The molecule has 0 bridgehead atoms. The maximum absolute atomic E-state index is 5.49. The Kier molecular flexibility index (Phi) is 9.73. The summed E-state index contributed by atoms with van der Waals surface area (Å²) < 4.78 is 7.50. The molecule has 0 atom stereocenters. The predicted octanol–water partition coefficient (Wildman–Crippen LogP) is 2.75. The first-order chi connectivity index (χ1) is 15.2. The van der Waals surface area contributed by atoms with E-state index in [4.69, 9.17) is 9.73 Å². The maximum atomic E-state index is 5.49. The number of rotatable bonds is 7. The molecule has 1 aromatic carbocycles. The summed E-state index contributed by atoms with van der Waals surface area (Å²) in [5.74, 6) is 2.68. The smallest absolute Gasteiger partial charge is 0.192 e. The molecular weight excluding hydrogens is 517 g/mol. The highest BCUT2D eigenvalue weighted by atomic mass is 127. The Labute approximate surface area is 208 Å². The minimum absolute atomic E-state index is 0. The SMILES string of the molecule is Cc1nnc(CNC(=NCc2ccccc2CN2CCOCC2)NC2CCCC2)n1C.I. The lowest BCUT2D eigenvalue weighted by atomic mass is 10.1. The molecule has 2 N–H and O–H groups in total. The lowest BCUT2D eigenvalue weighted by Gasteiger charge is -2.27. The number of morpholine rings is 1. The second-order valence-electron chi connectivity index (χ2n) is 8.52. The largest absolute Gasteiger partial charge is 0.379 e. The third-order valence-corrected chi connectivity index (χ3v) is 6.32. The van der Waals surface area contributed by atoms with Gasteiger partial charge in [0.05, 0.1) is 26.3 Å². The number of nitrogens with one attached hydrogen (secondary N) is 2. The minimum atomic E-state index is 0. The van der Waals surface area contributed by atoms with Crippen LogP contribution in [0.3, 0.4) is 0 Å². The number of ether oxygens (including phenoxy) is 1. The van der Waals surface area contributed by atoms with E-state index in [1.165, 1.54) is 36.8 Å². The van der Waals surface area contributed by atoms with Crippen LogP contribution in [0.2, 0.25) is 0 Å². The van der Waals surface area contributed by atoms with E-state index in [-0.39, 0.29) is 24.0 Å². The van der Waals surface area contributed by atoms with Gasteiger partial charge in [-0.3, -0.25) is 4.90 Å². The Morgan fingerprint density at radius 3 is 2.53 bits per heavy atom. The predicted molar refractivity (Wildman–Crippen MR) is 137 cm³/mol. The van der Waals surface area contributed by atoms with E-state index in [1.807, 2.05) is 18.5 Å². The first-order valence-electron chi connectivity index (χ1n) is 11.5. The number of halogens is 1. The summed E-state index contributed by atoms with van der Waals surface area (Å²) >= 11 is 0. The fraction of sp³-hybridized carbons (Fsp3) is 0.609. The van der Waals surface area contributed by atoms with Gasteiger partial charge in [-0.2, -0.15) is 0 Å². The number of hydrogen-bond acceptors (Lipinski definition) is 5. The molecule has 0 unspecified atom stereocenters. The van der Waals surface area contributed by atoms with Gasteiger partial charge in [-0.1, -0.05) is 37.1 Å². The van der Waals surface area contributed by atoms with E-state index in [0.29, 0.717) is 19.1 Å². The molecule has 1 aliphatic carbocycles. The van der Waals surface area contributed by atoms with Crippen molar-refractivity contribution in [2.45, 2.75) is 58.3 Å². The van der Waals surface area contributed by atoms with Crippen molar-refractivity contribution in [2.24, 2.45) is 12.0 Å². The number of aliphatic imine (C=N–C) groups is 1. The van der Waals surface area contributed by atoms with E-state index in [0.717, 1.165) is 50.5 Å². The standard InChI is InChI=1S/C23H35N7O.HI/c1-18-27-28-22(29(18)2)16-25-23(26-21-9-5-6-10-21)24-15-19-7-3-4-8-20(19)17-30-11-13-31-14-12-30;/h3-4,7-8,21H,5-6,9-17H2,1-2H3,(H2,24,25,26);1H. The summed E-state index contributed by atoms with van der Waals surface area (Å²) in [5, 5.41) is 15.5. The van der Waals surface area contributed by atoms with E-state index < -0.39 is 0 Å². The van der Waals surface area contributed by atoms with Crippen LogP contribution in [0.4, 0.5) is 0 Å². The number of aromatic nitrogens is 3. The first kappa shape index (κ1) is 24.9. The van der Waals surface area contributed by atoms with Crippen LogP contribution in [-0.4, -0.2) is 58.0 Å². The highest BCUT2D eigenvalue weighted by molar-refractivity contribution is 14.0. The fourth-order valence-corrected chi connectivity index (χ4v) is 4.21. The summed E-state index contributed by atoms with van der Waals surface area (Å²) in [6, 6.07) is 9.14. The normalized spacial score (nSPS) is 17.9. The van der Waals surface area contributed by atoms with Crippen LogP contribution >= 0.6 is 24.0 Å². The minimum Gasteiger partial charge on any atom is -0.379 e. The van der Waals surface area contributed by atoms with Gasteiger partial charge < -0.3 is 19.9 Å². The molecule has 0 amide bonds. The lowest BCUT2D eigenvalue weighted by Crippen LogP contribution is -2.42. The van der Waals surface area contributed by atoms with Gasteiger partial charge in [0, 0.05) is 32.7 Å². The molecule has 0 spiro atoms. The Hall–Kier alpha value is -1.72. The van der Waals surface area contributed by atoms with Crippen molar-refractivity contribution in [3.8, 4) is 0 Å². The molecule has 2 aromatic rings. The molecule has 8 nitrogen and oxygen atoms in total. The van der Waals surface area contributed by atoms with Crippen LogP contribution in [0.15, 0.2) is 29.3 Å². The van der Waals surface area contributed by atoms with Crippen molar-refractivity contribution in [3.63, 3.8) is 0 Å². The summed E-state index contributed by atoms with van der Waals surface area (Å²) in [6.07, 6.45) is 4.99. The second kappa shape index (κ2) is 12.5. The summed E-state index contributed by atoms with van der Waals surface area (Å²) in [7, 11) is 2.00. The quantitative estimate of drug-likeness (QED) is 0.312. The highest BCUT2D eigenvalue weighted by Gasteiger charge is 2.17. The Balaban J connectivity index is 0.00000289. The highest BCUT2D eigenvalue weighted by Crippen LogP contribution is 2.18. The molecule has 9 heteroatoms. The van der Waals surface area contributed by atoms with Crippen molar-refractivity contribution < 1.29 is 4.74 Å². The Morgan fingerprint density at radius 1 is 1.12 bits per heavy atom. The zero-order valence-electron chi connectivity index (χ0n) is 19.2. The number of nitrogens with zero attached hydrogens (tertiary/aromatic N) is 5. The van der Waals surface area contributed by atoms with Crippen LogP contribution in [0.1, 0.15) is 48.5 Å². The van der Waals surface area contributed by atoms with Crippen LogP contribution in [0.25, 0.3) is 0 Å². The van der Waals surface area contributed by atoms with Crippen molar-refractivity contribution in [1.82, 2.24) is 30.3 Å². The van der Waals surface area contributed by atoms with Gasteiger partial charge in [-0.05, 0) is 30.9 Å². The third kappa shape index (κ3) is 6.89. The molecule has 2 fully saturated rings. The van der Waals surface area contributed by atoms with Gasteiger partial charge in [0.1, 0.15) is 5.82 Å². The number of guanidine groups is 1. The monoisotopic (exact) mass is 553 g/mol. The van der Waals surface area contributed by atoms with Gasteiger partial charge in [0.2, 0.25) is 0 Å². The van der Waals surface area contributed by atoms with E-state index >= 15 is 0 Å². The van der Waals surface area contributed by atoms with Crippen molar-refractivity contribution in [3.05, 3.63) is 47.0 Å². The van der Waals surface area contributed by atoms with E-state index in [9.17, 15) is 0 Å². The van der Waals surface area contributed by atoms with Gasteiger partial charge in [-0.15, -0.1) is 34.2 Å². The maximum Gasteiger partial charge on any atom is 0.192 e. The first-order valence-corrected chi connectivity index (χ1v) is 11.5. The molecule has 1 saturated heterocycles. The molecule has 0 radical (unpaired) electrons. The topological polar surface area (TPSA) is 79.6 Å².